The number of hydrogen-bond acceptors (Lipinski definition) is 3. The maximum atomic E-state index is 13.3. The van der Waals surface area contributed by atoms with Crippen molar-refractivity contribution < 1.29 is 9.59 Å². The molecule has 0 aliphatic carbocycles. The van der Waals surface area contributed by atoms with Crippen LogP contribution in [0.2, 0.25) is 0 Å². The molecule has 5 heteroatoms. The Morgan fingerprint density at radius 2 is 1.67 bits per heavy atom. The van der Waals surface area contributed by atoms with Crippen molar-refractivity contribution in [3.8, 4) is 11.1 Å². The Balaban J connectivity index is 1.40. The van der Waals surface area contributed by atoms with E-state index in [9.17, 15) is 9.59 Å². The molecule has 4 rings (SSSR count). The summed E-state index contributed by atoms with van der Waals surface area (Å²) in [6, 6.07) is 19.6. The van der Waals surface area contributed by atoms with E-state index in [1.54, 1.807) is 12.1 Å². The lowest BCUT2D eigenvalue weighted by Crippen LogP contribution is -2.46. The van der Waals surface area contributed by atoms with Gasteiger partial charge in [-0.05, 0) is 62.9 Å². The van der Waals surface area contributed by atoms with Gasteiger partial charge in [0.05, 0.1) is 5.41 Å². The van der Waals surface area contributed by atoms with E-state index in [0.29, 0.717) is 11.5 Å². The second-order valence-electron chi connectivity index (χ2n) is 9.47. The number of primary amides is 1. The molecule has 1 aliphatic rings. The molecule has 0 radical (unpaired) electrons. The zero-order valence-corrected chi connectivity index (χ0v) is 19.5. The smallest absolute Gasteiger partial charge is 0.248 e. The lowest BCUT2D eigenvalue weighted by molar-refractivity contribution is -0.137. The van der Waals surface area contributed by atoms with Crippen LogP contribution in [0.1, 0.15) is 59.8 Å². The van der Waals surface area contributed by atoms with E-state index in [-0.39, 0.29) is 5.91 Å². The van der Waals surface area contributed by atoms with Crippen LogP contribution in [0.4, 0.5) is 0 Å². The Labute approximate surface area is 195 Å². The van der Waals surface area contributed by atoms with Crippen LogP contribution in [0.15, 0.2) is 66.9 Å². The summed E-state index contributed by atoms with van der Waals surface area (Å²) in [6.07, 6.45) is 3.66. The maximum absolute atomic E-state index is 13.3. The van der Waals surface area contributed by atoms with Crippen LogP contribution in [-0.2, 0) is 10.2 Å². The molecule has 2 amide bonds. The van der Waals surface area contributed by atoms with Gasteiger partial charge >= 0.3 is 0 Å². The number of aryl methyl sites for hydroxylation is 1. The average molecular weight is 442 g/mol. The van der Waals surface area contributed by atoms with Crippen LogP contribution in [0.3, 0.4) is 0 Å². The van der Waals surface area contributed by atoms with Gasteiger partial charge in [-0.2, -0.15) is 0 Å². The summed E-state index contributed by atoms with van der Waals surface area (Å²) in [5, 5.41) is 0. The molecular formula is C28H31N3O2. The van der Waals surface area contributed by atoms with Crippen LogP contribution >= 0.6 is 0 Å². The molecule has 1 aliphatic heterocycles. The van der Waals surface area contributed by atoms with Crippen molar-refractivity contribution in [2.45, 2.75) is 44.9 Å². The average Bonchev–Trinajstić information content (AvgIpc) is 2.84. The van der Waals surface area contributed by atoms with E-state index in [4.69, 9.17) is 10.7 Å². The Morgan fingerprint density at radius 3 is 2.27 bits per heavy atom. The predicted molar refractivity (Wildman–Crippen MR) is 131 cm³/mol. The summed E-state index contributed by atoms with van der Waals surface area (Å²) >= 11 is 0. The van der Waals surface area contributed by atoms with Gasteiger partial charge in [-0.1, -0.05) is 48.0 Å². The number of carbonyl (C=O) groups is 2. The van der Waals surface area contributed by atoms with Crippen molar-refractivity contribution in [1.29, 1.82) is 0 Å². The van der Waals surface area contributed by atoms with Crippen molar-refractivity contribution in [1.82, 2.24) is 9.88 Å². The minimum absolute atomic E-state index is 0.183. The zero-order chi connectivity index (χ0) is 23.6. The van der Waals surface area contributed by atoms with Crippen molar-refractivity contribution >= 4 is 11.8 Å². The van der Waals surface area contributed by atoms with E-state index in [2.05, 4.69) is 37.3 Å². The van der Waals surface area contributed by atoms with Gasteiger partial charge in [0.2, 0.25) is 11.8 Å². The van der Waals surface area contributed by atoms with Crippen molar-refractivity contribution in [2.75, 3.05) is 13.1 Å². The Bertz CT molecular complexity index is 1140. The molecule has 1 aromatic heterocycles. The van der Waals surface area contributed by atoms with Crippen LogP contribution in [0, 0.1) is 6.92 Å². The van der Waals surface area contributed by atoms with Gasteiger partial charge in [0, 0.05) is 42.0 Å². The molecule has 2 N–H and O–H groups in total. The molecule has 0 bridgehead atoms. The molecule has 2 aromatic carbocycles. The molecule has 2 heterocycles. The Kier molecular flexibility index (Phi) is 6.32. The predicted octanol–water partition coefficient (Wildman–Crippen LogP) is 4.84. The summed E-state index contributed by atoms with van der Waals surface area (Å²) in [6.45, 7) is 7.56. The van der Waals surface area contributed by atoms with E-state index in [1.807, 2.05) is 43.1 Å². The number of nitrogens with zero attached hydrogens (tertiary/aromatic N) is 2. The molecule has 0 spiro atoms. The van der Waals surface area contributed by atoms with Gasteiger partial charge in [0.1, 0.15) is 0 Å². The monoisotopic (exact) mass is 441 g/mol. The van der Waals surface area contributed by atoms with E-state index < -0.39 is 11.3 Å². The molecular weight excluding hydrogens is 410 g/mol. The zero-order valence-electron chi connectivity index (χ0n) is 19.5. The second-order valence-corrected chi connectivity index (χ2v) is 9.47. The quantitative estimate of drug-likeness (QED) is 0.615. The van der Waals surface area contributed by atoms with Crippen molar-refractivity contribution in [2.24, 2.45) is 5.73 Å². The number of hydrogen-bond donors (Lipinski definition) is 1. The van der Waals surface area contributed by atoms with Crippen LogP contribution in [0.25, 0.3) is 11.1 Å². The third-order valence-electron chi connectivity index (χ3n) is 6.78. The first-order chi connectivity index (χ1) is 15.8. The lowest BCUT2D eigenvalue weighted by Gasteiger charge is -2.37. The van der Waals surface area contributed by atoms with Crippen LogP contribution in [0.5, 0.6) is 0 Å². The summed E-state index contributed by atoms with van der Waals surface area (Å²) in [7, 11) is 0. The first-order valence-corrected chi connectivity index (χ1v) is 11.5. The fourth-order valence-electron chi connectivity index (χ4n) is 4.54. The highest BCUT2D eigenvalue weighted by Gasteiger charge is 2.35. The van der Waals surface area contributed by atoms with Gasteiger partial charge in [-0.15, -0.1) is 0 Å². The molecule has 1 fully saturated rings. The van der Waals surface area contributed by atoms with Gasteiger partial charge < -0.3 is 10.6 Å². The molecule has 0 unspecified atom stereocenters. The molecule has 1 saturated heterocycles. The van der Waals surface area contributed by atoms with Crippen LogP contribution in [-0.4, -0.2) is 34.8 Å². The Morgan fingerprint density at radius 1 is 0.970 bits per heavy atom. The fraction of sp³-hybridized carbons (Fsp3) is 0.321. The van der Waals surface area contributed by atoms with Crippen molar-refractivity contribution in [3.63, 3.8) is 0 Å². The third-order valence-corrected chi connectivity index (χ3v) is 6.78. The SMILES string of the molecule is Cc1ccc(C(C)(C)C(=O)N2CCC(c3ccc(-c4cccc(C(N)=O)c4)cn3)CC2)cc1. The fourth-order valence-corrected chi connectivity index (χ4v) is 4.54. The number of aromatic nitrogens is 1. The molecule has 33 heavy (non-hydrogen) atoms. The standard InChI is InChI=1S/C28H31N3O2/c1-19-7-10-24(11-8-19)28(2,3)27(33)31-15-13-20(14-16-31)25-12-9-23(18-30-25)21-5-4-6-22(17-21)26(29)32/h4-12,17-18,20H,13-16H2,1-3H3,(H2,29,32). The minimum atomic E-state index is -0.542. The number of pyridine rings is 1. The highest BCUT2D eigenvalue weighted by atomic mass is 16.2. The van der Waals surface area contributed by atoms with E-state index >= 15 is 0 Å². The minimum Gasteiger partial charge on any atom is -0.366 e. The van der Waals surface area contributed by atoms with Crippen molar-refractivity contribution in [3.05, 3.63) is 89.2 Å². The molecule has 5 nitrogen and oxygen atoms in total. The summed E-state index contributed by atoms with van der Waals surface area (Å²) in [5.74, 6) is 0.0817. The summed E-state index contributed by atoms with van der Waals surface area (Å²) < 4.78 is 0. The summed E-state index contributed by atoms with van der Waals surface area (Å²) in [4.78, 5) is 31.5. The molecule has 3 aromatic rings. The van der Waals surface area contributed by atoms with E-state index in [0.717, 1.165) is 48.3 Å². The van der Waals surface area contributed by atoms with Gasteiger partial charge in [-0.3, -0.25) is 14.6 Å². The molecule has 0 atom stereocenters. The van der Waals surface area contributed by atoms with Gasteiger partial charge in [0.15, 0.2) is 0 Å². The lowest BCUT2D eigenvalue weighted by atomic mass is 9.81. The second kappa shape index (κ2) is 9.18. The summed E-state index contributed by atoms with van der Waals surface area (Å²) in [5.41, 5.74) is 10.5. The number of amides is 2. The van der Waals surface area contributed by atoms with Crippen LogP contribution < -0.4 is 5.73 Å². The van der Waals surface area contributed by atoms with E-state index in [1.165, 1.54) is 5.56 Å². The normalized spacial score (nSPS) is 14.8. The largest absolute Gasteiger partial charge is 0.366 e. The number of rotatable bonds is 5. The van der Waals surface area contributed by atoms with Gasteiger partial charge in [0.25, 0.3) is 0 Å². The number of piperidine rings is 1. The molecule has 0 saturated carbocycles. The first kappa shape index (κ1) is 22.7. The topological polar surface area (TPSA) is 76.3 Å². The number of benzene rings is 2. The number of carbonyl (C=O) groups excluding carboxylic acids is 2. The molecule has 170 valence electrons. The van der Waals surface area contributed by atoms with Gasteiger partial charge in [-0.25, -0.2) is 0 Å². The third kappa shape index (κ3) is 4.82. The number of likely N-dealkylation sites (tertiary alicyclic amines) is 1. The Hall–Kier alpha value is -3.47. The highest BCUT2D eigenvalue weighted by Crippen LogP contribution is 2.32. The maximum Gasteiger partial charge on any atom is 0.248 e. The highest BCUT2D eigenvalue weighted by molar-refractivity contribution is 5.94. The first-order valence-electron chi connectivity index (χ1n) is 11.5. The number of nitrogens with two attached hydrogens (primary N) is 1.